The molecule has 1 aliphatic rings. The average Bonchev–Trinajstić information content (AvgIpc) is 3.00. The van der Waals surface area contributed by atoms with Gasteiger partial charge in [-0.1, -0.05) is 41.6 Å². The first-order chi connectivity index (χ1) is 16.0. The fourth-order valence-corrected chi connectivity index (χ4v) is 5.11. The fourth-order valence-electron chi connectivity index (χ4n) is 3.50. The Hall–Kier alpha value is -3.79. The Labute approximate surface area is 197 Å². The van der Waals surface area contributed by atoms with Crippen LogP contribution in [0.15, 0.2) is 96.2 Å². The van der Waals surface area contributed by atoms with Crippen molar-refractivity contribution in [1.82, 2.24) is 4.98 Å². The van der Waals surface area contributed by atoms with Crippen molar-refractivity contribution in [3.63, 3.8) is 0 Å². The monoisotopic (exact) mass is 472 g/mol. The molecule has 1 aliphatic heterocycles. The number of ether oxygens (including phenoxy) is 1. The molecule has 0 radical (unpaired) electrons. The van der Waals surface area contributed by atoms with Crippen molar-refractivity contribution < 1.29 is 13.2 Å². The molecule has 1 aromatic heterocycles. The molecule has 0 spiro atoms. The first-order valence-corrected chi connectivity index (χ1v) is 11.9. The number of aromatic nitrogens is 1. The molecule has 7 heteroatoms. The second kappa shape index (κ2) is 8.62. The molecule has 0 N–H and O–H groups in total. The predicted octanol–water partition coefficient (Wildman–Crippen LogP) is 5.64. The lowest BCUT2D eigenvalue weighted by Crippen LogP contribution is -2.30. The zero-order valence-corrected chi connectivity index (χ0v) is 18.8. The van der Waals surface area contributed by atoms with Crippen molar-refractivity contribution >= 4 is 27.3 Å². The number of sulfonamides is 1. The molecule has 2 heterocycles. The molecule has 0 amide bonds. The van der Waals surface area contributed by atoms with E-state index in [2.05, 4.69) is 16.8 Å². The normalized spacial score (nSPS) is 12.5. The smallest absolute Gasteiger partial charge is 0.264 e. The van der Waals surface area contributed by atoms with Crippen molar-refractivity contribution in [1.29, 1.82) is 0 Å². The van der Waals surface area contributed by atoms with Crippen molar-refractivity contribution in [2.45, 2.75) is 11.4 Å². The minimum atomic E-state index is -3.90. The molecule has 0 bridgehead atoms. The Balaban J connectivity index is 1.53. The highest BCUT2D eigenvalue weighted by Gasteiger charge is 2.31. The third kappa shape index (κ3) is 4.29. The lowest BCUT2D eigenvalue weighted by atomic mass is 10.2. The van der Waals surface area contributed by atoms with Gasteiger partial charge in [-0.05, 0) is 60.7 Å². The summed E-state index contributed by atoms with van der Waals surface area (Å²) in [6, 6.07) is 22.5. The van der Waals surface area contributed by atoms with Gasteiger partial charge in [-0.15, -0.1) is 0 Å². The standard InChI is InChI=1S/C26H17ClN2O3S/c27-22-9-12-26-24(17-22)29(18-21-3-1-2-4-25(21)32-26)33(30,31)23-10-7-19(8-11-23)5-6-20-13-15-28-16-14-20/h1-4,7-17H,18H2. The quantitative estimate of drug-likeness (QED) is 0.354. The van der Waals surface area contributed by atoms with E-state index in [0.717, 1.165) is 11.1 Å². The van der Waals surface area contributed by atoms with Gasteiger partial charge < -0.3 is 4.74 Å². The molecule has 0 atom stereocenters. The van der Waals surface area contributed by atoms with Crippen LogP contribution in [0.4, 0.5) is 5.69 Å². The predicted molar refractivity (Wildman–Crippen MR) is 128 cm³/mol. The molecule has 4 aromatic rings. The van der Waals surface area contributed by atoms with E-state index in [9.17, 15) is 8.42 Å². The van der Waals surface area contributed by atoms with E-state index in [1.54, 1.807) is 54.9 Å². The van der Waals surface area contributed by atoms with Crippen LogP contribution in [0.5, 0.6) is 11.5 Å². The first kappa shape index (κ1) is 21.1. The maximum atomic E-state index is 13.7. The van der Waals surface area contributed by atoms with Crippen LogP contribution in [0.3, 0.4) is 0 Å². The minimum absolute atomic E-state index is 0.120. The van der Waals surface area contributed by atoms with Crippen molar-refractivity contribution in [2.24, 2.45) is 0 Å². The second-order valence-electron chi connectivity index (χ2n) is 7.34. The highest BCUT2D eigenvalue weighted by Crippen LogP contribution is 2.42. The maximum Gasteiger partial charge on any atom is 0.264 e. The van der Waals surface area contributed by atoms with Gasteiger partial charge in [0.05, 0.1) is 17.1 Å². The van der Waals surface area contributed by atoms with Crippen LogP contribution in [-0.2, 0) is 16.6 Å². The third-order valence-electron chi connectivity index (χ3n) is 5.17. The number of nitrogens with zero attached hydrogens (tertiary/aromatic N) is 2. The summed E-state index contributed by atoms with van der Waals surface area (Å²) in [7, 11) is -3.90. The summed E-state index contributed by atoms with van der Waals surface area (Å²) < 4.78 is 34.8. The van der Waals surface area contributed by atoms with E-state index in [1.165, 1.54) is 4.31 Å². The summed E-state index contributed by atoms with van der Waals surface area (Å²) in [6.07, 6.45) is 3.35. The summed E-state index contributed by atoms with van der Waals surface area (Å²) >= 11 is 6.21. The van der Waals surface area contributed by atoms with Crippen LogP contribution in [0.1, 0.15) is 16.7 Å². The van der Waals surface area contributed by atoms with Crippen molar-refractivity contribution in [3.8, 4) is 23.3 Å². The van der Waals surface area contributed by atoms with Gasteiger partial charge in [-0.2, -0.15) is 0 Å². The summed E-state index contributed by atoms with van der Waals surface area (Å²) in [6.45, 7) is 0.120. The van der Waals surface area contributed by atoms with Gasteiger partial charge in [0.2, 0.25) is 0 Å². The number of hydrogen-bond acceptors (Lipinski definition) is 4. The zero-order valence-electron chi connectivity index (χ0n) is 17.3. The first-order valence-electron chi connectivity index (χ1n) is 10.1. The molecule has 0 saturated heterocycles. The summed E-state index contributed by atoms with van der Waals surface area (Å²) in [5.41, 5.74) is 2.69. The van der Waals surface area contributed by atoms with E-state index in [1.807, 2.05) is 36.4 Å². The highest BCUT2D eigenvalue weighted by atomic mass is 35.5. The van der Waals surface area contributed by atoms with Gasteiger partial charge in [0, 0.05) is 34.1 Å². The summed E-state index contributed by atoms with van der Waals surface area (Å²) in [4.78, 5) is 4.12. The van der Waals surface area contributed by atoms with Gasteiger partial charge in [0.25, 0.3) is 10.0 Å². The average molecular weight is 473 g/mol. The lowest BCUT2D eigenvalue weighted by molar-refractivity contribution is 0.484. The Morgan fingerprint density at radius 3 is 2.30 bits per heavy atom. The van der Waals surface area contributed by atoms with Gasteiger partial charge in [-0.25, -0.2) is 8.42 Å². The van der Waals surface area contributed by atoms with Crippen molar-refractivity contribution in [2.75, 3.05) is 4.31 Å². The number of para-hydroxylation sites is 1. The molecule has 33 heavy (non-hydrogen) atoms. The zero-order chi connectivity index (χ0) is 22.8. The molecule has 0 fully saturated rings. The number of pyridine rings is 1. The second-order valence-corrected chi connectivity index (χ2v) is 9.64. The molecule has 162 valence electrons. The van der Waals surface area contributed by atoms with E-state index >= 15 is 0 Å². The minimum Gasteiger partial charge on any atom is -0.455 e. The van der Waals surface area contributed by atoms with Gasteiger partial charge in [-0.3, -0.25) is 9.29 Å². The van der Waals surface area contributed by atoms with E-state index in [4.69, 9.17) is 16.3 Å². The highest BCUT2D eigenvalue weighted by molar-refractivity contribution is 7.92. The number of benzene rings is 3. The van der Waals surface area contributed by atoms with Gasteiger partial charge in [0.15, 0.2) is 5.75 Å². The number of halogens is 1. The Morgan fingerprint density at radius 1 is 0.848 bits per heavy atom. The number of rotatable bonds is 2. The maximum absolute atomic E-state index is 13.7. The Morgan fingerprint density at radius 2 is 1.55 bits per heavy atom. The lowest BCUT2D eigenvalue weighted by Gasteiger charge is -2.24. The van der Waals surface area contributed by atoms with E-state index in [0.29, 0.717) is 27.8 Å². The molecule has 3 aromatic carbocycles. The summed E-state index contributed by atoms with van der Waals surface area (Å²) in [5, 5.41) is 0.422. The van der Waals surface area contributed by atoms with E-state index < -0.39 is 10.0 Å². The van der Waals surface area contributed by atoms with Crippen LogP contribution in [-0.4, -0.2) is 13.4 Å². The Bertz CT molecular complexity index is 1490. The van der Waals surface area contributed by atoms with Gasteiger partial charge >= 0.3 is 0 Å². The number of anilines is 1. The van der Waals surface area contributed by atoms with Crippen LogP contribution in [0.2, 0.25) is 5.02 Å². The number of hydrogen-bond donors (Lipinski definition) is 0. The third-order valence-corrected chi connectivity index (χ3v) is 7.18. The Kier molecular flexibility index (Phi) is 5.51. The van der Waals surface area contributed by atoms with Crippen LogP contribution >= 0.6 is 11.6 Å². The topological polar surface area (TPSA) is 59.5 Å². The molecular formula is C26H17ClN2O3S. The molecule has 0 saturated carbocycles. The van der Waals surface area contributed by atoms with Crippen LogP contribution in [0.25, 0.3) is 0 Å². The fraction of sp³-hybridized carbons (Fsp3) is 0.0385. The molecular weight excluding hydrogens is 456 g/mol. The molecule has 0 aliphatic carbocycles. The van der Waals surface area contributed by atoms with Crippen LogP contribution in [0, 0.1) is 11.8 Å². The summed E-state index contributed by atoms with van der Waals surface area (Å²) in [5.74, 6) is 7.12. The molecule has 0 unspecified atom stereocenters. The largest absolute Gasteiger partial charge is 0.455 e. The number of fused-ring (bicyclic) bond motifs is 2. The van der Waals surface area contributed by atoms with Crippen LogP contribution < -0.4 is 9.04 Å². The van der Waals surface area contributed by atoms with Crippen molar-refractivity contribution in [3.05, 3.63) is 113 Å². The SMILES string of the molecule is O=S(=O)(c1ccc(C#Cc2ccncc2)cc1)N1Cc2ccccc2Oc2ccc(Cl)cc21. The van der Waals surface area contributed by atoms with E-state index in [-0.39, 0.29) is 11.4 Å². The van der Waals surface area contributed by atoms with Gasteiger partial charge in [0.1, 0.15) is 5.75 Å². The molecule has 5 rings (SSSR count). The molecule has 5 nitrogen and oxygen atoms in total.